The quantitative estimate of drug-likeness (QED) is 0.304. The van der Waals surface area contributed by atoms with Crippen molar-refractivity contribution in [3.8, 4) is 0 Å². The van der Waals surface area contributed by atoms with Crippen molar-refractivity contribution in [3.63, 3.8) is 0 Å². The second kappa shape index (κ2) is 9.98. The molecule has 4 nitrogen and oxygen atoms in total. The van der Waals surface area contributed by atoms with Gasteiger partial charge in [-0.2, -0.15) is 0 Å². The fraction of sp³-hybridized carbons (Fsp3) is 0.382. The topological polar surface area (TPSA) is 45.3 Å². The van der Waals surface area contributed by atoms with Crippen LogP contribution in [0.3, 0.4) is 0 Å². The smallest absolute Gasteiger partial charge is 0.410 e. The number of amides is 1. The van der Waals surface area contributed by atoms with Gasteiger partial charge in [0, 0.05) is 29.1 Å². The zero-order chi connectivity index (χ0) is 26.3. The molecule has 1 N–H and O–H groups in total. The van der Waals surface area contributed by atoms with E-state index in [0.717, 1.165) is 36.0 Å². The van der Waals surface area contributed by atoms with Crippen molar-refractivity contribution in [1.82, 2.24) is 9.88 Å². The molecule has 2 heterocycles. The van der Waals surface area contributed by atoms with E-state index in [9.17, 15) is 4.79 Å². The van der Waals surface area contributed by atoms with Crippen LogP contribution in [0.1, 0.15) is 68.5 Å². The number of hydrogen-bond acceptors (Lipinski definition) is 2. The van der Waals surface area contributed by atoms with Gasteiger partial charge in [-0.3, -0.25) is 4.90 Å². The summed E-state index contributed by atoms with van der Waals surface area (Å²) in [6.07, 6.45) is 3.66. The van der Waals surface area contributed by atoms with Gasteiger partial charge in [-0.1, -0.05) is 106 Å². The van der Waals surface area contributed by atoms with Gasteiger partial charge in [-0.25, -0.2) is 4.79 Å². The summed E-state index contributed by atoms with van der Waals surface area (Å²) >= 11 is 0. The van der Waals surface area contributed by atoms with Crippen LogP contribution in [0.4, 0.5) is 4.79 Å². The Morgan fingerprint density at radius 2 is 1.61 bits per heavy atom. The van der Waals surface area contributed by atoms with E-state index in [1.165, 1.54) is 22.9 Å². The molecular weight excluding hydrogens is 468 g/mol. The van der Waals surface area contributed by atoms with E-state index in [0.29, 0.717) is 12.5 Å². The standard InChI is InChI=1S/C34H38N2O2/c1-23-18-19-28(34(2,3)25-14-8-5-9-15-25)30(22-23)38-33(37)36-21-20-27-26-16-10-11-17-29(26)35-31(27)32(36)24-12-6-4-7-13-24/h4-17,23,28,30,32,35H,18-22H2,1-3H3/t23-,28-,30-,32+/m1/s1. The molecule has 6 rings (SSSR count). The maximum absolute atomic E-state index is 14.1. The number of H-pyrrole nitrogens is 1. The number of fused-ring (bicyclic) bond motifs is 3. The van der Waals surface area contributed by atoms with Crippen LogP contribution in [-0.2, 0) is 16.6 Å². The number of ether oxygens (including phenoxy) is 1. The van der Waals surface area contributed by atoms with Crippen LogP contribution in [0.25, 0.3) is 10.9 Å². The number of para-hydroxylation sites is 1. The molecule has 1 fully saturated rings. The number of carbonyl (C=O) groups is 1. The Morgan fingerprint density at radius 3 is 2.37 bits per heavy atom. The molecule has 0 bridgehead atoms. The van der Waals surface area contributed by atoms with Gasteiger partial charge in [0.15, 0.2) is 0 Å². The van der Waals surface area contributed by atoms with Crippen LogP contribution in [0.2, 0.25) is 0 Å². The van der Waals surface area contributed by atoms with Crippen LogP contribution < -0.4 is 0 Å². The highest BCUT2D eigenvalue weighted by molar-refractivity contribution is 5.86. The molecule has 1 saturated carbocycles. The fourth-order valence-electron chi connectivity index (χ4n) is 6.98. The first kappa shape index (κ1) is 24.8. The lowest BCUT2D eigenvalue weighted by atomic mass is 9.64. The molecule has 0 saturated heterocycles. The van der Waals surface area contributed by atoms with Crippen LogP contribution in [-0.4, -0.2) is 28.6 Å². The van der Waals surface area contributed by atoms with E-state index in [1.54, 1.807) is 0 Å². The number of nitrogens with one attached hydrogen (secondary N) is 1. The Kier molecular flexibility index (Phi) is 6.51. The SMILES string of the molecule is C[C@@H]1CC[C@@H](C(C)(C)c2ccccc2)[C@H](OC(=O)N2CCc3c([nH]c4ccccc34)[C@@H]2c2ccccc2)C1. The average molecular weight is 507 g/mol. The van der Waals surface area contributed by atoms with E-state index in [2.05, 4.69) is 105 Å². The minimum absolute atomic E-state index is 0.0859. The summed E-state index contributed by atoms with van der Waals surface area (Å²) in [5.74, 6) is 0.816. The summed E-state index contributed by atoms with van der Waals surface area (Å²) < 4.78 is 6.54. The molecule has 0 unspecified atom stereocenters. The van der Waals surface area contributed by atoms with E-state index in [1.807, 2.05) is 11.0 Å². The van der Waals surface area contributed by atoms with Gasteiger partial charge < -0.3 is 9.72 Å². The van der Waals surface area contributed by atoms with Crippen molar-refractivity contribution >= 4 is 17.0 Å². The highest BCUT2D eigenvalue weighted by atomic mass is 16.6. The minimum Gasteiger partial charge on any atom is -0.446 e. The molecule has 1 aromatic heterocycles. The van der Waals surface area contributed by atoms with Crippen molar-refractivity contribution in [2.24, 2.45) is 11.8 Å². The van der Waals surface area contributed by atoms with Crippen LogP contribution in [0.5, 0.6) is 0 Å². The third kappa shape index (κ3) is 4.40. The highest BCUT2D eigenvalue weighted by Crippen LogP contribution is 2.45. The van der Waals surface area contributed by atoms with Gasteiger partial charge in [0.1, 0.15) is 12.1 Å². The Bertz CT molecular complexity index is 1410. The number of hydrogen-bond donors (Lipinski definition) is 1. The normalized spacial score (nSPS) is 23.7. The molecule has 0 spiro atoms. The summed E-state index contributed by atoms with van der Waals surface area (Å²) in [6, 6.07) is 29.4. The summed E-state index contributed by atoms with van der Waals surface area (Å²) in [5, 5.41) is 1.25. The fourth-order valence-corrected chi connectivity index (χ4v) is 6.98. The van der Waals surface area contributed by atoms with Crippen LogP contribution >= 0.6 is 0 Å². The first-order chi connectivity index (χ1) is 18.4. The first-order valence-corrected chi connectivity index (χ1v) is 14.1. The molecule has 4 atom stereocenters. The molecule has 0 radical (unpaired) electrons. The molecule has 3 aromatic carbocycles. The van der Waals surface area contributed by atoms with E-state index in [-0.39, 0.29) is 29.6 Å². The zero-order valence-corrected chi connectivity index (χ0v) is 22.7. The lowest BCUT2D eigenvalue weighted by molar-refractivity contribution is -0.0221. The Morgan fingerprint density at radius 1 is 0.921 bits per heavy atom. The molecule has 2 aliphatic rings. The van der Waals surface area contributed by atoms with Gasteiger partial charge in [-0.15, -0.1) is 0 Å². The molecular formula is C34H38N2O2. The molecule has 1 aliphatic heterocycles. The van der Waals surface area contributed by atoms with Gasteiger partial charge >= 0.3 is 6.09 Å². The first-order valence-electron chi connectivity index (χ1n) is 14.1. The third-order valence-electron chi connectivity index (χ3n) is 9.14. The van der Waals surface area contributed by atoms with Gasteiger partial charge in [-0.05, 0) is 53.4 Å². The summed E-state index contributed by atoms with van der Waals surface area (Å²) in [7, 11) is 0. The Hall–Kier alpha value is -3.53. The molecule has 196 valence electrons. The van der Waals surface area contributed by atoms with Gasteiger partial charge in [0.25, 0.3) is 0 Å². The summed E-state index contributed by atoms with van der Waals surface area (Å²) in [5.41, 5.74) is 5.88. The molecule has 4 aromatic rings. The summed E-state index contributed by atoms with van der Waals surface area (Å²) in [6.45, 7) is 7.56. The van der Waals surface area contributed by atoms with Crippen LogP contribution in [0, 0.1) is 11.8 Å². The van der Waals surface area contributed by atoms with E-state index in [4.69, 9.17) is 4.74 Å². The number of rotatable bonds is 4. The average Bonchev–Trinajstić information content (AvgIpc) is 3.32. The Labute approximate surface area is 226 Å². The number of carbonyl (C=O) groups excluding carboxylic acids is 1. The molecule has 1 amide bonds. The Balaban J connectivity index is 1.33. The second-order valence-corrected chi connectivity index (χ2v) is 11.9. The largest absolute Gasteiger partial charge is 0.446 e. The van der Waals surface area contributed by atoms with E-state index < -0.39 is 0 Å². The highest BCUT2D eigenvalue weighted by Gasteiger charge is 2.44. The minimum atomic E-state index is -0.198. The number of aromatic amines is 1. The predicted octanol–water partition coefficient (Wildman–Crippen LogP) is 8.03. The molecule has 1 aliphatic carbocycles. The molecule has 38 heavy (non-hydrogen) atoms. The zero-order valence-electron chi connectivity index (χ0n) is 22.7. The van der Waals surface area contributed by atoms with Gasteiger partial charge in [0.05, 0.1) is 0 Å². The number of aromatic nitrogens is 1. The van der Waals surface area contributed by atoms with Crippen molar-refractivity contribution in [2.75, 3.05) is 6.54 Å². The van der Waals surface area contributed by atoms with Gasteiger partial charge in [0.2, 0.25) is 0 Å². The maximum atomic E-state index is 14.1. The summed E-state index contributed by atoms with van der Waals surface area (Å²) in [4.78, 5) is 19.7. The predicted molar refractivity (Wildman–Crippen MR) is 153 cm³/mol. The third-order valence-corrected chi connectivity index (χ3v) is 9.14. The van der Waals surface area contributed by atoms with E-state index >= 15 is 0 Å². The monoisotopic (exact) mass is 506 g/mol. The number of benzene rings is 3. The lowest BCUT2D eigenvalue weighted by Gasteiger charge is -2.45. The lowest BCUT2D eigenvalue weighted by Crippen LogP contribution is -2.47. The van der Waals surface area contributed by atoms with Crippen molar-refractivity contribution < 1.29 is 9.53 Å². The van der Waals surface area contributed by atoms with Crippen molar-refractivity contribution in [1.29, 1.82) is 0 Å². The van der Waals surface area contributed by atoms with Crippen LogP contribution in [0.15, 0.2) is 84.9 Å². The van der Waals surface area contributed by atoms with Crippen molar-refractivity contribution in [3.05, 3.63) is 107 Å². The second-order valence-electron chi connectivity index (χ2n) is 11.9. The number of nitrogens with zero attached hydrogens (tertiary/aromatic N) is 1. The molecule has 4 heteroatoms. The van der Waals surface area contributed by atoms with Crippen molar-refractivity contribution in [2.45, 2.75) is 64.0 Å². The maximum Gasteiger partial charge on any atom is 0.410 e.